The molecule has 0 heterocycles. The van der Waals surface area contributed by atoms with Crippen molar-refractivity contribution in [1.82, 2.24) is 0 Å². The minimum absolute atomic E-state index is 0.0592. The van der Waals surface area contributed by atoms with E-state index in [1.807, 2.05) is 20.8 Å². The van der Waals surface area contributed by atoms with Gasteiger partial charge in [-0.15, -0.1) is 0 Å². The lowest BCUT2D eigenvalue weighted by Gasteiger charge is -2.33. The van der Waals surface area contributed by atoms with Crippen LogP contribution in [0.2, 0.25) is 0 Å². The highest BCUT2D eigenvalue weighted by Gasteiger charge is 2.34. The summed E-state index contributed by atoms with van der Waals surface area (Å²) in [6.45, 7) is 8.91. The summed E-state index contributed by atoms with van der Waals surface area (Å²) < 4.78 is 12.0. The maximum absolute atomic E-state index is 12.0. The Morgan fingerprint density at radius 2 is 1.70 bits per heavy atom. The van der Waals surface area contributed by atoms with Crippen LogP contribution in [0.5, 0.6) is 0 Å². The van der Waals surface area contributed by atoms with E-state index in [4.69, 9.17) is 9.47 Å². The van der Waals surface area contributed by atoms with Gasteiger partial charge in [0, 0.05) is 6.61 Å². The molecule has 0 radical (unpaired) electrons. The number of esters is 1. The van der Waals surface area contributed by atoms with E-state index in [0.29, 0.717) is 5.92 Å². The Hall–Kier alpha value is -0.570. The largest absolute Gasteiger partial charge is 0.460 e. The van der Waals surface area contributed by atoms with Crippen LogP contribution in [-0.2, 0) is 14.3 Å². The molecule has 0 saturated heterocycles. The fraction of sp³-hybridized carbons (Fsp3) is 0.950. The van der Waals surface area contributed by atoms with Gasteiger partial charge in [-0.25, -0.2) is 0 Å². The van der Waals surface area contributed by atoms with E-state index < -0.39 is 0 Å². The third-order valence-corrected chi connectivity index (χ3v) is 5.56. The molecule has 0 aromatic rings. The Morgan fingerprint density at radius 3 is 2.22 bits per heavy atom. The second-order valence-electron chi connectivity index (χ2n) is 8.09. The molecule has 2 aliphatic rings. The molecule has 3 atom stereocenters. The monoisotopic (exact) mass is 324 g/mol. The Bertz CT molecular complexity index is 356. The number of rotatable bonds is 10. The molecule has 2 rings (SSSR count). The summed E-state index contributed by atoms with van der Waals surface area (Å²) in [5.74, 6) is 1.92. The van der Waals surface area contributed by atoms with Crippen LogP contribution in [0.4, 0.5) is 0 Å². The fourth-order valence-corrected chi connectivity index (χ4v) is 3.78. The van der Waals surface area contributed by atoms with Crippen molar-refractivity contribution < 1.29 is 14.3 Å². The Balaban J connectivity index is 1.95. The standard InChI is InChI=1S/C20H36O3/c1-5-18(12-16-8-6-7-9-16)19(22-13-17-10-11-17)15(4)23-20(21)14(2)3/h14-19H,5-13H2,1-4H3/t15-,18+,19-/m0/s1. The smallest absolute Gasteiger partial charge is 0.308 e. The second kappa shape index (κ2) is 9.05. The molecule has 0 N–H and O–H groups in total. The van der Waals surface area contributed by atoms with Crippen LogP contribution in [0, 0.1) is 23.7 Å². The summed E-state index contributed by atoms with van der Waals surface area (Å²) in [6.07, 6.45) is 10.3. The number of hydrogen-bond acceptors (Lipinski definition) is 3. The van der Waals surface area contributed by atoms with Crippen LogP contribution in [0.15, 0.2) is 0 Å². The molecule has 3 nitrogen and oxygen atoms in total. The van der Waals surface area contributed by atoms with E-state index in [1.165, 1.54) is 44.9 Å². The highest BCUT2D eigenvalue weighted by molar-refractivity contribution is 5.71. The molecule has 2 fully saturated rings. The lowest BCUT2D eigenvalue weighted by molar-refractivity contribution is -0.164. The topological polar surface area (TPSA) is 35.5 Å². The van der Waals surface area contributed by atoms with Crippen molar-refractivity contribution in [1.29, 1.82) is 0 Å². The summed E-state index contributed by atoms with van der Waals surface area (Å²) >= 11 is 0. The molecule has 134 valence electrons. The first-order valence-corrected chi connectivity index (χ1v) is 9.83. The van der Waals surface area contributed by atoms with Gasteiger partial charge in [0.15, 0.2) is 0 Å². The number of carbonyl (C=O) groups excluding carboxylic acids is 1. The minimum Gasteiger partial charge on any atom is -0.460 e. The molecule has 2 aliphatic carbocycles. The predicted octanol–water partition coefficient (Wildman–Crippen LogP) is 4.98. The first kappa shape index (κ1) is 18.8. The first-order valence-electron chi connectivity index (χ1n) is 9.83. The zero-order valence-electron chi connectivity index (χ0n) is 15.6. The zero-order chi connectivity index (χ0) is 16.8. The maximum atomic E-state index is 12.0. The SMILES string of the molecule is CC[C@H](CC1CCCC1)[C@@H](OCC1CC1)[C@H](C)OC(=O)C(C)C. The molecule has 3 heteroatoms. The van der Waals surface area contributed by atoms with Crippen molar-refractivity contribution in [2.75, 3.05) is 6.61 Å². The number of carbonyl (C=O) groups is 1. The Kier molecular flexibility index (Phi) is 7.39. The van der Waals surface area contributed by atoms with Gasteiger partial charge in [0.2, 0.25) is 0 Å². The average molecular weight is 325 g/mol. The summed E-state index contributed by atoms with van der Waals surface area (Å²) in [5, 5.41) is 0. The van der Waals surface area contributed by atoms with Crippen molar-refractivity contribution >= 4 is 5.97 Å². The van der Waals surface area contributed by atoms with Gasteiger partial charge in [-0.05, 0) is 43.9 Å². The summed E-state index contributed by atoms with van der Waals surface area (Å²) in [6, 6.07) is 0. The van der Waals surface area contributed by atoms with Gasteiger partial charge in [0.05, 0.1) is 12.0 Å². The summed E-state index contributed by atoms with van der Waals surface area (Å²) in [5.41, 5.74) is 0. The van der Waals surface area contributed by atoms with Gasteiger partial charge in [-0.3, -0.25) is 4.79 Å². The molecule has 0 bridgehead atoms. The Morgan fingerprint density at radius 1 is 1.04 bits per heavy atom. The van der Waals surface area contributed by atoms with Crippen molar-refractivity contribution in [3.8, 4) is 0 Å². The van der Waals surface area contributed by atoms with Gasteiger partial charge in [-0.1, -0.05) is 52.9 Å². The average Bonchev–Trinajstić information content (AvgIpc) is 3.20. The molecule has 0 unspecified atom stereocenters. The van der Waals surface area contributed by atoms with Crippen LogP contribution in [-0.4, -0.2) is 24.8 Å². The van der Waals surface area contributed by atoms with Crippen molar-refractivity contribution in [3.63, 3.8) is 0 Å². The van der Waals surface area contributed by atoms with Crippen LogP contribution >= 0.6 is 0 Å². The molecule has 0 aliphatic heterocycles. The maximum Gasteiger partial charge on any atom is 0.308 e. The lowest BCUT2D eigenvalue weighted by atomic mass is 9.85. The van der Waals surface area contributed by atoms with Gasteiger partial charge in [-0.2, -0.15) is 0 Å². The molecule has 0 amide bonds. The third kappa shape index (κ3) is 6.10. The molecule has 0 aromatic heterocycles. The normalized spacial score (nSPS) is 23.0. The lowest BCUT2D eigenvalue weighted by Crippen LogP contribution is -2.39. The molecular weight excluding hydrogens is 288 g/mol. The fourth-order valence-electron chi connectivity index (χ4n) is 3.78. The third-order valence-electron chi connectivity index (χ3n) is 5.56. The van der Waals surface area contributed by atoms with Crippen LogP contribution in [0.3, 0.4) is 0 Å². The van der Waals surface area contributed by atoms with Gasteiger partial charge in [0.1, 0.15) is 6.10 Å². The quantitative estimate of drug-likeness (QED) is 0.532. The molecular formula is C20H36O3. The molecule has 0 aromatic carbocycles. The number of hydrogen-bond donors (Lipinski definition) is 0. The summed E-state index contributed by atoms with van der Waals surface area (Å²) in [7, 11) is 0. The van der Waals surface area contributed by atoms with E-state index >= 15 is 0 Å². The highest BCUT2D eigenvalue weighted by Crippen LogP contribution is 2.36. The number of ether oxygens (including phenoxy) is 2. The molecule has 0 spiro atoms. The van der Waals surface area contributed by atoms with Crippen molar-refractivity contribution in [3.05, 3.63) is 0 Å². The summed E-state index contributed by atoms with van der Waals surface area (Å²) in [4.78, 5) is 12.0. The Labute approximate surface area is 142 Å². The van der Waals surface area contributed by atoms with Crippen molar-refractivity contribution in [2.24, 2.45) is 23.7 Å². The zero-order valence-corrected chi connectivity index (χ0v) is 15.6. The van der Waals surface area contributed by atoms with Crippen LogP contribution < -0.4 is 0 Å². The van der Waals surface area contributed by atoms with Gasteiger partial charge < -0.3 is 9.47 Å². The van der Waals surface area contributed by atoms with Crippen molar-refractivity contribution in [2.45, 2.75) is 91.3 Å². The van der Waals surface area contributed by atoms with E-state index in [2.05, 4.69) is 6.92 Å². The first-order chi connectivity index (χ1) is 11.0. The van der Waals surface area contributed by atoms with Crippen LogP contribution in [0.1, 0.15) is 79.1 Å². The van der Waals surface area contributed by atoms with E-state index in [9.17, 15) is 4.79 Å². The second-order valence-corrected chi connectivity index (χ2v) is 8.09. The predicted molar refractivity (Wildman–Crippen MR) is 93.2 cm³/mol. The van der Waals surface area contributed by atoms with Gasteiger partial charge >= 0.3 is 5.97 Å². The van der Waals surface area contributed by atoms with E-state index in [0.717, 1.165) is 24.9 Å². The van der Waals surface area contributed by atoms with Gasteiger partial charge in [0.25, 0.3) is 0 Å². The molecule has 23 heavy (non-hydrogen) atoms. The van der Waals surface area contributed by atoms with E-state index in [1.54, 1.807) is 0 Å². The minimum atomic E-state index is -0.144. The van der Waals surface area contributed by atoms with Crippen LogP contribution in [0.25, 0.3) is 0 Å². The molecule has 2 saturated carbocycles. The highest BCUT2D eigenvalue weighted by atomic mass is 16.6. The van der Waals surface area contributed by atoms with E-state index in [-0.39, 0.29) is 24.1 Å².